The Hall–Kier alpha value is -0.830. The molecule has 3 nitrogen and oxygen atoms in total. The van der Waals surface area contributed by atoms with Crippen molar-refractivity contribution in [2.75, 3.05) is 6.61 Å². The molecule has 92 valence electrons. The van der Waals surface area contributed by atoms with Gasteiger partial charge in [0.05, 0.1) is 18.8 Å². The predicted octanol–water partition coefficient (Wildman–Crippen LogP) is 2.70. The first-order valence-electron chi connectivity index (χ1n) is 5.77. The van der Waals surface area contributed by atoms with Crippen LogP contribution in [0.4, 0.5) is 0 Å². The third-order valence-corrected chi connectivity index (χ3v) is 2.92. The van der Waals surface area contributed by atoms with Crippen molar-refractivity contribution in [3.05, 3.63) is 11.6 Å². The maximum Gasteiger partial charge on any atom is 0.302 e. The van der Waals surface area contributed by atoms with Gasteiger partial charge >= 0.3 is 5.97 Å². The Morgan fingerprint density at radius 1 is 1.62 bits per heavy atom. The number of hydrogen-bond acceptors (Lipinski definition) is 3. The Bertz CT molecular complexity index is 292. The summed E-state index contributed by atoms with van der Waals surface area (Å²) in [7, 11) is 0. The molecule has 0 fully saturated rings. The Kier molecular flexibility index (Phi) is 4.14. The molecule has 0 aromatic rings. The smallest absolute Gasteiger partial charge is 0.302 e. The lowest BCUT2D eigenvalue weighted by molar-refractivity contribution is -0.149. The highest BCUT2D eigenvalue weighted by molar-refractivity contribution is 5.65. The van der Waals surface area contributed by atoms with Gasteiger partial charge in [0.15, 0.2) is 0 Å². The molecule has 0 aliphatic carbocycles. The molecule has 0 aromatic carbocycles. The molecular formula is C13H22O3. The first-order chi connectivity index (χ1) is 7.31. The summed E-state index contributed by atoms with van der Waals surface area (Å²) in [5.74, 6) is -0.232. The lowest BCUT2D eigenvalue weighted by Crippen LogP contribution is -2.40. The van der Waals surface area contributed by atoms with E-state index in [1.54, 1.807) is 0 Å². The first-order valence-corrected chi connectivity index (χ1v) is 5.77. The molecule has 1 rings (SSSR count). The molecule has 2 atom stereocenters. The summed E-state index contributed by atoms with van der Waals surface area (Å²) in [5.41, 5.74) is 1.20. The lowest BCUT2D eigenvalue weighted by atomic mass is 9.82. The summed E-state index contributed by atoms with van der Waals surface area (Å²) < 4.78 is 11.0. The third kappa shape index (κ3) is 3.63. The molecule has 3 heteroatoms. The van der Waals surface area contributed by atoms with Gasteiger partial charge in [0.2, 0.25) is 0 Å². The van der Waals surface area contributed by atoms with Crippen molar-refractivity contribution in [1.29, 1.82) is 0 Å². The molecule has 2 unspecified atom stereocenters. The molecule has 1 aliphatic rings. The van der Waals surface area contributed by atoms with Gasteiger partial charge < -0.3 is 9.47 Å². The van der Waals surface area contributed by atoms with Crippen LogP contribution in [0.2, 0.25) is 0 Å². The van der Waals surface area contributed by atoms with Crippen LogP contribution in [0, 0.1) is 5.41 Å². The highest BCUT2D eigenvalue weighted by Crippen LogP contribution is 2.32. The topological polar surface area (TPSA) is 35.5 Å². The number of hydrogen-bond donors (Lipinski definition) is 0. The summed E-state index contributed by atoms with van der Waals surface area (Å²) in [4.78, 5) is 10.8. The molecule has 0 radical (unpaired) electrons. The van der Waals surface area contributed by atoms with Crippen LogP contribution in [0.5, 0.6) is 0 Å². The van der Waals surface area contributed by atoms with Crippen molar-refractivity contribution in [3.8, 4) is 0 Å². The van der Waals surface area contributed by atoms with Crippen LogP contribution in [0.1, 0.15) is 41.0 Å². The Morgan fingerprint density at radius 2 is 2.25 bits per heavy atom. The van der Waals surface area contributed by atoms with E-state index in [2.05, 4.69) is 26.8 Å². The number of rotatable bonds is 3. The van der Waals surface area contributed by atoms with E-state index in [0.29, 0.717) is 6.61 Å². The van der Waals surface area contributed by atoms with Gasteiger partial charge in [-0.05, 0) is 20.3 Å². The van der Waals surface area contributed by atoms with Crippen LogP contribution in [0.3, 0.4) is 0 Å². The monoisotopic (exact) mass is 226 g/mol. The van der Waals surface area contributed by atoms with E-state index < -0.39 is 0 Å². The van der Waals surface area contributed by atoms with Crippen LogP contribution >= 0.6 is 0 Å². The van der Waals surface area contributed by atoms with E-state index in [1.165, 1.54) is 12.5 Å². The van der Waals surface area contributed by atoms with E-state index in [9.17, 15) is 4.79 Å². The average Bonchev–Trinajstić information content (AvgIpc) is 2.13. The summed E-state index contributed by atoms with van der Waals surface area (Å²) in [5, 5.41) is 0. The van der Waals surface area contributed by atoms with E-state index in [4.69, 9.17) is 9.47 Å². The van der Waals surface area contributed by atoms with Gasteiger partial charge in [-0.1, -0.05) is 25.5 Å². The molecule has 0 saturated carbocycles. The van der Waals surface area contributed by atoms with Gasteiger partial charge in [-0.3, -0.25) is 4.79 Å². The largest absolute Gasteiger partial charge is 0.465 e. The summed E-state index contributed by atoms with van der Waals surface area (Å²) >= 11 is 0. The second kappa shape index (κ2) is 5.00. The van der Waals surface area contributed by atoms with Gasteiger partial charge in [0.25, 0.3) is 0 Å². The van der Waals surface area contributed by atoms with Crippen molar-refractivity contribution in [2.45, 2.75) is 53.2 Å². The van der Waals surface area contributed by atoms with E-state index in [1.807, 2.05) is 6.92 Å². The molecule has 1 aliphatic heterocycles. The van der Waals surface area contributed by atoms with Crippen molar-refractivity contribution in [2.24, 2.45) is 5.41 Å². The zero-order valence-corrected chi connectivity index (χ0v) is 10.9. The summed E-state index contributed by atoms with van der Waals surface area (Å²) in [6, 6.07) is 0. The quantitative estimate of drug-likeness (QED) is 0.548. The maximum atomic E-state index is 10.8. The normalized spacial score (nSPS) is 26.2. The number of carbonyl (C=O) groups excluding carboxylic acids is 1. The fourth-order valence-electron chi connectivity index (χ4n) is 1.95. The molecule has 16 heavy (non-hydrogen) atoms. The molecule has 0 amide bonds. The van der Waals surface area contributed by atoms with Gasteiger partial charge in [0.1, 0.15) is 0 Å². The second-order valence-electron chi connectivity index (χ2n) is 5.32. The van der Waals surface area contributed by atoms with Crippen molar-refractivity contribution >= 4 is 5.97 Å². The van der Waals surface area contributed by atoms with Crippen molar-refractivity contribution < 1.29 is 14.3 Å². The molecule has 0 bridgehead atoms. The molecule has 0 N–H and O–H groups in total. The van der Waals surface area contributed by atoms with Gasteiger partial charge in [-0.15, -0.1) is 0 Å². The third-order valence-electron chi connectivity index (χ3n) is 2.92. The van der Waals surface area contributed by atoms with Crippen LogP contribution in [-0.2, 0) is 14.3 Å². The number of carbonyl (C=O) groups is 1. The zero-order chi connectivity index (χ0) is 12.3. The van der Waals surface area contributed by atoms with Gasteiger partial charge in [0, 0.05) is 12.3 Å². The maximum absolute atomic E-state index is 10.8. The predicted molar refractivity (Wildman–Crippen MR) is 63.1 cm³/mol. The lowest BCUT2D eigenvalue weighted by Gasteiger charge is -2.37. The molecule has 1 heterocycles. The first kappa shape index (κ1) is 13.2. The Balaban J connectivity index is 2.62. The van der Waals surface area contributed by atoms with Gasteiger partial charge in [-0.2, -0.15) is 0 Å². The number of ether oxygens (including phenoxy) is 2. The van der Waals surface area contributed by atoms with Gasteiger partial charge in [-0.25, -0.2) is 0 Å². The Labute approximate surface area is 97.8 Å². The zero-order valence-electron chi connectivity index (χ0n) is 10.9. The molecule has 0 aromatic heterocycles. The Morgan fingerprint density at radius 3 is 2.75 bits per heavy atom. The molecule has 0 saturated heterocycles. The van der Waals surface area contributed by atoms with Crippen LogP contribution in [0.25, 0.3) is 0 Å². The van der Waals surface area contributed by atoms with E-state index in [0.717, 1.165) is 6.42 Å². The number of esters is 1. The fraction of sp³-hybridized carbons (Fsp3) is 0.769. The van der Waals surface area contributed by atoms with Crippen molar-refractivity contribution in [1.82, 2.24) is 0 Å². The fourth-order valence-corrected chi connectivity index (χ4v) is 1.95. The van der Waals surface area contributed by atoms with Crippen molar-refractivity contribution in [3.63, 3.8) is 0 Å². The second-order valence-corrected chi connectivity index (χ2v) is 5.32. The molecule has 0 spiro atoms. The van der Waals surface area contributed by atoms with Crippen LogP contribution in [-0.4, -0.2) is 24.8 Å². The highest BCUT2D eigenvalue weighted by Gasteiger charge is 2.34. The average molecular weight is 226 g/mol. The highest BCUT2D eigenvalue weighted by atomic mass is 16.5. The summed E-state index contributed by atoms with van der Waals surface area (Å²) in [6.07, 6.45) is 3.32. The van der Waals surface area contributed by atoms with Crippen LogP contribution < -0.4 is 0 Å². The molecular weight excluding hydrogens is 204 g/mol. The minimum atomic E-state index is -0.232. The SMILES string of the molecule is CC(=O)OCC(C)(C)C1CC(C)=CC(C)O1. The minimum absolute atomic E-state index is 0.117. The minimum Gasteiger partial charge on any atom is -0.465 e. The van der Waals surface area contributed by atoms with E-state index in [-0.39, 0.29) is 23.6 Å². The van der Waals surface area contributed by atoms with Crippen LogP contribution in [0.15, 0.2) is 11.6 Å². The standard InChI is InChI=1S/C13H22O3/c1-9-6-10(2)16-12(7-9)13(4,5)8-15-11(3)14/h6,10,12H,7-8H2,1-5H3. The van der Waals surface area contributed by atoms with E-state index >= 15 is 0 Å². The summed E-state index contributed by atoms with van der Waals surface area (Å²) in [6.45, 7) is 10.2.